The third-order valence-corrected chi connectivity index (χ3v) is 6.87. The average Bonchev–Trinajstić information content (AvgIpc) is 3.13. The Labute approximate surface area is 154 Å². The third kappa shape index (κ3) is 3.95. The maximum absolute atomic E-state index is 12.9. The molecule has 7 heteroatoms. The molecule has 0 aliphatic heterocycles. The zero-order valence-corrected chi connectivity index (χ0v) is 16.2. The molecule has 2 fully saturated rings. The van der Waals surface area contributed by atoms with Crippen LogP contribution < -0.4 is 9.62 Å². The van der Waals surface area contributed by atoms with Gasteiger partial charge in [0.1, 0.15) is 6.04 Å². The molecule has 138 valence electrons. The number of anilines is 1. The molecular weight excluding hydrogens is 360 g/mol. The lowest BCUT2D eigenvalue weighted by molar-refractivity contribution is -0.123. The first-order valence-corrected chi connectivity index (χ1v) is 11.1. The monoisotopic (exact) mass is 384 g/mol. The van der Waals surface area contributed by atoms with Crippen LogP contribution in [0.4, 0.5) is 5.69 Å². The van der Waals surface area contributed by atoms with E-state index in [0.717, 1.165) is 19.1 Å². The van der Waals surface area contributed by atoms with Crippen LogP contribution in [-0.4, -0.2) is 32.7 Å². The zero-order chi connectivity index (χ0) is 18.2. The fourth-order valence-corrected chi connectivity index (χ4v) is 5.76. The molecule has 25 heavy (non-hydrogen) atoms. The highest BCUT2D eigenvalue weighted by molar-refractivity contribution is 7.92. The number of carbonyl (C=O) groups is 1. The lowest BCUT2D eigenvalue weighted by Gasteiger charge is -2.32. The highest BCUT2D eigenvalue weighted by Crippen LogP contribution is 2.44. The number of nitrogens with one attached hydrogen (secondary N) is 1. The summed E-state index contributed by atoms with van der Waals surface area (Å²) in [6, 6.07) is 6.03. The molecule has 0 aromatic heterocycles. The maximum atomic E-state index is 12.9. The van der Waals surface area contributed by atoms with Gasteiger partial charge in [-0.3, -0.25) is 9.10 Å². The predicted molar refractivity (Wildman–Crippen MR) is 100 cm³/mol. The Bertz CT molecular complexity index is 752. The molecule has 2 saturated carbocycles. The lowest BCUT2D eigenvalue weighted by atomic mass is 9.95. The van der Waals surface area contributed by atoms with Crippen LogP contribution in [0.1, 0.15) is 39.0 Å². The summed E-state index contributed by atoms with van der Waals surface area (Å²) in [7, 11) is -3.62. The molecule has 0 unspecified atom stereocenters. The van der Waals surface area contributed by atoms with Crippen molar-refractivity contribution in [2.75, 3.05) is 10.6 Å². The molecule has 3 rings (SSSR count). The summed E-state index contributed by atoms with van der Waals surface area (Å²) in [5.41, 5.74) is 0.421. The number of fused-ring (bicyclic) bond motifs is 2. The fourth-order valence-electron chi connectivity index (χ4n) is 4.37. The molecule has 1 aromatic carbocycles. The van der Waals surface area contributed by atoms with Crippen LogP contribution in [0.2, 0.25) is 5.02 Å². The smallest absolute Gasteiger partial charge is 0.244 e. The molecule has 0 spiro atoms. The molecular formula is C18H25ClN2O3S. The average molecular weight is 385 g/mol. The van der Waals surface area contributed by atoms with E-state index in [1.807, 2.05) is 6.92 Å². The zero-order valence-electron chi connectivity index (χ0n) is 14.6. The standard InChI is InChI=1S/C18H25ClN2O3S/c1-3-17(18(22)20-16-10-12-7-8-13(16)9-12)21(25(2,23)24)15-6-4-5-14(19)11-15/h4-6,11-13,16-17H,3,7-10H2,1-2H3,(H,20,22)/t12-,13-,16+,17-/m0/s1. The highest BCUT2D eigenvalue weighted by Gasteiger charge is 2.41. The van der Waals surface area contributed by atoms with Crippen molar-refractivity contribution in [1.82, 2.24) is 5.32 Å². The summed E-state index contributed by atoms with van der Waals surface area (Å²) in [5, 5.41) is 3.56. The van der Waals surface area contributed by atoms with E-state index in [9.17, 15) is 13.2 Å². The van der Waals surface area contributed by atoms with Crippen molar-refractivity contribution in [3.63, 3.8) is 0 Å². The van der Waals surface area contributed by atoms with Crippen LogP contribution in [0.5, 0.6) is 0 Å². The van der Waals surface area contributed by atoms with Gasteiger partial charge in [0.25, 0.3) is 0 Å². The quantitative estimate of drug-likeness (QED) is 0.819. The number of nitrogens with zero attached hydrogens (tertiary/aromatic N) is 1. The van der Waals surface area contributed by atoms with Gasteiger partial charge in [0.05, 0.1) is 11.9 Å². The van der Waals surface area contributed by atoms with Gasteiger partial charge in [0.15, 0.2) is 0 Å². The molecule has 2 aliphatic carbocycles. The van der Waals surface area contributed by atoms with E-state index in [-0.39, 0.29) is 11.9 Å². The lowest BCUT2D eigenvalue weighted by Crippen LogP contribution is -2.52. The number of benzene rings is 1. The predicted octanol–water partition coefficient (Wildman–Crippen LogP) is 3.19. The second kappa shape index (κ2) is 7.16. The summed E-state index contributed by atoms with van der Waals surface area (Å²) >= 11 is 6.02. The van der Waals surface area contributed by atoms with E-state index < -0.39 is 16.1 Å². The Morgan fingerprint density at radius 2 is 2.12 bits per heavy atom. The molecule has 2 aliphatic rings. The Morgan fingerprint density at radius 1 is 1.36 bits per heavy atom. The molecule has 2 bridgehead atoms. The largest absolute Gasteiger partial charge is 0.351 e. The number of amides is 1. The first-order valence-electron chi connectivity index (χ1n) is 8.85. The molecule has 0 saturated heterocycles. The first kappa shape index (κ1) is 18.5. The summed E-state index contributed by atoms with van der Waals surface area (Å²) < 4.78 is 26.0. The maximum Gasteiger partial charge on any atom is 0.244 e. The number of halogens is 1. The third-order valence-electron chi connectivity index (χ3n) is 5.46. The minimum Gasteiger partial charge on any atom is -0.351 e. The van der Waals surface area contributed by atoms with Crippen molar-refractivity contribution in [1.29, 1.82) is 0 Å². The number of hydrogen-bond donors (Lipinski definition) is 1. The van der Waals surface area contributed by atoms with E-state index in [4.69, 9.17) is 11.6 Å². The molecule has 0 radical (unpaired) electrons. The topological polar surface area (TPSA) is 66.5 Å². The molecule has 1 N–H and O–H groups in total. The van der Waals surface area contributed by atoms with Crippen molar-refractivity contribution < 1.29 is 13.2 Å². The molecule has 5 nitrogen and oxygen atoms in total. The van der Waals surface area contributed by atoms with Gasteiger partial charge in [-0.05, 0) is 55.7 Å². The van der Waals surface area contributed by atoms with Gasteiger partial charge in [-0.1, -0.05) is 31.0 Å². The van der Waals surface area contributed by atoms with Gasteiger partial charge in [0, 0.05) is 11.1 Å². The van der Waals surface area contributed by atoms with Gasteiger partial charge in [-0.25, -0.2) is 8.42 Å². The molecule has 0 heterocycles. The Hall–Kier alpha value is -1.27. The van der Waals surface area contributed by atoms with Crippen LogP contribution >= 0.6 is 11.6 Å². The van der Waals surface area contributed by atoms with Crippen LogP contribution in [0.25, 0.3) is 0 Å². The molecule has 1 amide bonds. The van der Waals surface area contributed by atoms with Crippen LogP contribution in [0.3, 0.4) is 0 Å². The Balaban J connectivity index is 1.83. The summed E-state index contributed by atoms with van der Waals surface area (Å²) in [5.74, 6) is 1.05. The minimum absolute atomic E-state index is 0.182. The van der Waals surface area contributed by atoms with Crippen molar-refractivity contribution in [3.05, 3.63) is 29.3 Å². The molecule has 4 atom stereocenters. The number of carbonyl (C=O) groups excluding carboxylic acids is 1. The van der Waals surface area contributed by atoms with E-state index in [1.54, 1.807) is 24.3 Å². The van der Waals surface area contributed by atoms with E-state index in [0.29, 0.717) is 29.0 Å². The number of rotatable bonds is 6. The first-order chi connectivity index (χ1) is 11.8. The van der Waals surface area contributed by atoms with Crippen molar-refractivity contribution in [2.45, 2.75) is 51.1 Å². The normalized spacial score (nSPS) is 26.4. The Morgan fingerprint density at radius 3 is 2.64 bits per heavy atom. The second-order valence-electron chi connectivity index (χ2n) is 7.25. The van der Waals surface area contributed by atoms with Crippen molar-refractivity contribution in [3.8, 4) is 0 Å². The van der Waals surface area contributed by atoms with Crippen molar-refractivity contribution >= 4 is 33.2 Å². The van der Waals surface area contributed by atoms with Gasteiger partial charge < -0.3 is 5.32 Å². The van der Waals surface area contributed by atoms with Crippen LogP contribution in [0.15, 0.2) is 24.3 Å². The van der Waals surface area contributed by atoms with Gasteiger partial charge >= 0.3 is 0 Å². The van der Waals surface area contributed by atoms with Crippen molar-refractivity contribution in [2.24, 2.45) is 11.8 Å². The van der Waals surface area contributed by atoms with E-state index >= 15 is 0 Å². The second-order valence-corrected chi connectivity index (χ2v) is 9.55. The summed E-state index contributed by atoms with van der Waals surface area (Å²) in [6.07, 6.45) is 6.14. The minimum atomic E-state index is -3.62. The summed E-state index contributed by atoms with van der Waals surface area (Å²) in [6.45, 7) is 1.83. The highest BCUT2D eigenvalue weighted by atomic mass is 35.5. The fraction of sp³-hybridized carbons (Fsp3) is 0.611. The summed E-state index contributed by atoms with van der Waals surface area (Å²) in [4.78, 5) is 12.9. The SMILES string of the molecule is CC[C@@H](C(=O)N[C@@H]1C[C@H]2CC[C@H]1C2)N(c1cccc(Cl)c1)S(C)(=O)=O. The van der Waals surface area contributed by atoms with E-state index in [1.165, 1.54) is 17.1 Å². The van der Waals surface area contributed by atoms with Crippen LogP contribution in [-0.2, 0) is 14.8 Å². The van der Waals surface area contributed by atoms with Crippen LogP contribution in [0, 0.1) is 11.8 Å². The van der Waals surface area contributed by atoms with E-state index in [2.05, 4.69) is 5.32 Å². The van der Waals surface area contributed by atoms with Gasteiger partial charge in [0.2, 0.25) is 15.9 Å². The Kier molecular flexibility index (Phi) is 5.30. The van der Waals surface area contributed by atoms with Gasteiger partial charge in [-0.15, -0.1) is 0 Å². The van der Waals surface area contributed by atoms with Gasteiger partial charge in [-0.2, -0.15) is 0 Å². The number of hydrogen-bond acceptors (Lipinski definition) is 3. The molecule has 1 aromatic rings. The number of sulfonamides is 1.